The third-order valence-corrected chi connectivity index (χ3v) is 4.21. The first-order chi connectivity index (χ1) is 11.7. The molecule has 1 unspecified atom stereocenters. The summed E-state index contributed by atoms with van der Waals surface area (Å²) in [7, 11) is 3.90. The lowest BCUT2D eigenvalue weighted by molar-refractivity contribution is -0.111. The highest BCUT2D eigenvalue weighted by Gasteiger charge is 2.14. The molecule has 1 atom stereocenters. The number of nitrogens with zero attached hydrogens (tertiary/aromatic N) is 2. The van der Waals surface area contributed by atoms with Crippen LogP contribution in [-0.2, 0) is 4.79 Å². The third-order valence-electron chi connectivity index (χ3n) is 3.24. The molecule has 0 aliphatic rings. The van der Waals surface area contributed by atoms with Crippen LogP contribution in [0.3, 0.4) is 0 Å². The molecule has 0 saturated heterocycles. The average molecular weight is 359 g/mol. The average Bonchev–Trinajstić information content (AvgIpc) is 2.53. The molecule has 0 spiro atoms. The van der Waals surface area contributed by atoms with Gasteiger partial charge in [0, 0.05) is 26.0 Å². The van der Waals surface area contributed by atoms with Crippen LogP contribution in [0.4, 0.5) is 10.1 Å². The Morgan fingerprint density at radius 2 is 2.04 bits per heavy atom. The van der Waals surface area contributed by atoms with E-state index in [-0.39, 0.29) is 11.4 Å². The minimum absolute atomic E-state index is 0.0419. The van der Waals surface area contributed by atoms with E-state index in [0.29, 0.717) is 31.1 Å². The largest absolute Gasteiger partial charge is 0.382 e. The number of ketones is 1. The van der Waals surface area contributed by atoms with Gasteiger partial charge in [-0.05, 0) is 55.2 Å². The maximum absolute atomic E-state index is 14.3. The smallest absolute Gasteiger partial charge is 0.200 e. The Kier molecular flexibility index (Phi) is 7.54. The molecule has 0 amide bonds. The van der Waals surface area contributed by atoms with Gasteiger partial charge in [0.05, 0.1) is 5.69 Å². The van der Waals surface area contributed by atoms with Gasteiger partial charge in [0.1, 0.15) is 17.5 Å². The SMILES string of the molecule is C=C(C)Nc1cc(PC)c(/C=C(\C)C(=O)/C(C#N)=C/N(C)C)cc1F. The maximum atomic E-state index is 14.3. The molecule has 0 aliphatic heterocycles. The highest BCUT2D eigenvalue weighted by atomic mass is 31.1. The third kappa shape index (κ3) is 5.85. The van der Waals surface area contributed by atoms with Crippen LogP contribution in [-0.4, -0.2) is 31.4 Å². The first-order valence-electron chi connectivity index (χ1n) is 7.64. The number of carbonyl (C=O) groups excluding carboxylic acids is 1. The highest BCUT2D eigenvalue weighted by molar-refractivity contribution is 7.46. The van der Waals surface area contributed by atoms with E-state index in [2.05, 4.69) is 11.9 Å². The quantitative estimate of drug-likeness (QED) is 0.459. The van der Waals surface area contributed by atoms with Crippen molar-refractivity contribution in [1.82, 2.24) is 4.90 Å². The van der Waals surface area contributed by atoms with Crippen molar-refractivity contribution in [2.75, 3.05) is 26.1 Å². The predicted molar refractivity (Wildman–Crippen MR) is 105 cm³/mol. The van der Waals surface area contributed by atoms with Crippen LogP contribution >= 0.6 is 8.58 Å². The monoisotopic (exact) mass is 359 g/mol. The van der Waals surface area contributed by atoms with Gasteiger partial charge in [0.25, 0.3) is 0 Å². The molecule has 132 valence electrons. The fourth-order valence-electron chi connectivity index (χ4n) is 2.16. The number of halogens is 1. The van der Waals surface area contributed by atoms with Crippen molar-refractivity contribution in [3.63, 3.8) is 0 Å². The number of carbonyl (C=O) groups is 1. The number of rotatable bonds is 7. The lowest BCUT2D eigenvalue weighted by Crippen LogP contribution is -2.10. The molecule has 0 fully saturated rings. The van der Waals surface area contributed by atoms with Crippen LogP contribution in [0.15, 0.2) is 41.8 Å². The van der Waals surface area contributed by atoms with E-state index in [1.54, 1.807) is 45.0 Å². The molecule has 1 aromatic carbocycles. The van der Waals surface area contributed by atoms with Gasteiger partial charge in [0.15, 0.2) is 0 Å². The molecular weight excluding hydrogens is 336 g/mol. The van der Waals surface area contributed by atoms with Gasteiger partial charge in [-0.1, -0.05) is 15.2 Å². The minimum Gasteiger partial charge on any atom is -0.382 e. The zero-order chi connectivity index (χ0) is 19.1. The number of nitriles is 1. The van der Waals surface area contributed by atoms with E-state index in [9.17, 15) is 9.18 Å². The van der Waals surface area contributed by atoms with Gasteiger partial charge < -0.3 is 10.2 Å². The molecule has 0 bridgehead atoms. The summed E-state index contributed by atoms with van der Waals surface area (Å²) in [6.45, 7) is 9.09. The summed E-state index contributed by atoms with van der Waals surface area (Å²) in [5, 5.41) is 13.0. The summed E-state index contributed by atoms with van der Waals surface area (Å²) in [5.41, 5.74) is 2.07. The number of Topliss-reactive ketones (excluding diaryl/α,β-unsaturated/α-hetero) is 1. The zero-order valence-corrected chi connectivity index (χ0v) is 16.2. The fourth-order valence-corrected chi connectivity index (χ4v) is 2.88. The highest BCUT2D eigenvalue weighted by Crippen LogP contribution is 2.22. The number of hydrogen-bond acceptors (Lipinski definition) is 4. The van der Waals surface area contributed by atoms with Crippen molar-refractivity contribution in [1.29, 1.82) is 5.26 Å². The topological polar surface area (TPSA) is 56.1 Å². The van der Waals surface area contributed by atoms with Crippen molar-refractivity contribution in [3.8, 4) is 6.07 Å². The second kappa shape index (κ2) is 9.15. The maximum Gasteiger partial charge on any atom is 0.200 e. The van der Waals surface area contributed by atoms with Crippen molar-refractivity contribution in [2.45, 2.75) is 13.8 Å². The standard InChI is InChI=1S/C19H23FN3OP/c1-12(2)22-17-9-18(25-6)14(8-16(17)20)7-13(3)19(24)15(10-21)11-23(4)5/h7-9,11,22,25H,1H2,2-6H3/b13-7+,15-11+. The Morgan fingerprint density at radius 3 is 2.52 bits per heavy atom. The number of allylic oxidation sites excluding steroid dienone is 3. The normalized spacial score (nSPS) is 12.2. The van der Waals surface area contributed by atoms with Crippen LogP contribution in [0.1, 0.15) is 19.4 Å². The molecule has 0 heterocycles. The zero-order valence-electron chi connectivity index (χ0n) is 15.2. The van der Waals surface area contributed by atoms with Crippen molar-refractivity contribution >= 4 is 31.4 Å². The number of anilines is 1. The first kappa shape index (κ1) is 20.6. The molecule has 1 aromatic rings. The summed E-state index contributed by atoms with van der Waals surface area (Å²) in [4.78, 5) is 14.0. The number of nitrogens with one attached hydrogen (secondary N) is 1. The second-order valence-electron chi connectivity index (χ2n) is 5.85. The van der Waals surface area contributed by atoms with Gasteiger partial charge >= 0.3 is 0 Å². The molecule has 0 saturated carbocycles. The summed E-state index contributed by atoms with van der Waals surface area (Å²) in [6.07, 6.45) is 3.10. The summed E-state index contributed by atoms with van der Waals surface area (Å²) < 4.78 is 14.3. The Bertz CT molecular complexity index is 789. The summed E-state index contributed by atoms with van der Waals surface area (Å²) >= 11 is 0. The Balaban J connectivity index is 3.30. The Morgan fingerprint density at radius 1 is 1.40 bits per heavy atom. The van der Waals surface area contributed by atoms with Crippen molar-refractivity contribution in [2.24, 2.45) is 0 Å². The fraction of sp³-hybridized carbons (Fsp3) is 0.263. The molecule has 6 heteroatoms. The molecule has 0 radical (unpaired) electrons. The van der Waals surface area contributed by atoms with Crippen LogP contribution in [0, 0.1) is 17.1 Å². The van der Waals surface area contributed by atoms with E-state index in [4.69, 9.17) is 5.26 Å². The Labute approximate surface area is 150 Å². The minimum atomic E-state index is -0.416. The van der Waals surface area contributed by atoms with E-state index in [1.807, 2.05) is 12.7 Å². The van der Waals surface area contributed by atoms with E-state index in [1.165, 1.54) is 12.3 Å². The molecule has 0 aliphatic carbocycles. The number of benzene rings is 1. The van der Waals surface area contributed by atoms with Crippen LogP contribution in [0.2, 0.25) is 0 Å². The molecule has 0 aromatic heterocycles. The van der Waals surface area contributed by atoms with Gasteiger partial charge in [-0.3, -0.25) is 4.79 Å². The molecule has 25 heavy (non-hydrogen) atoms. The van der Waals surface area contributed by atoms with Gasteiger partial charge in [-0.2, -0.15) is 5.26 Å². The number of hydrogen-bond donors (Lipinski definition) is 1. The van der Waals surface area contributed by atoms with Crippen molar-refractivity contribution < 1.29 is 9.18 Å². The van der Waals surface area contributed by atoms with Crippen LogP contribution < -0.4 is 10.6 Å². The second-order valence-corrected chi connectivity index (χ2v) is 6.89. The van der Waals surface area contributed by atoms with E-state index in [0.717, 1.165) is 5.30 Å². The van der Waals surface area contributed by atoms with Gasteiger partial charge in [-0.25, -0.2) is 4.39 Å². The molecule has 1 N–H and O–H groups in total. The lowest BCUT2D eigenvalue weighted by atomic mass is 10.0. The Hall–Kier alpha value is -2.44. The molecule has 4 nitrogen and oxygen atoms in total. The molecular formula is C19H23FN3OP. The predicted octanol–water partition coefficient (Wildman–Crippen LogP) is 3.65. The van der Waals surface area contributed by atoms with Crippen LogP contribution in [0.25, 0.3) is 6.08 Å². The lowest BCUT2D eigenvalue weighted by Gasteiger charge is -2.12. The summed E-state index contributed by atoms with van der Waals surface area (Å²) in [5.74, 6) is -0.785. The van der Waals surface area contributed by atoms with Gasteiger partial charge in [0.2, 0.25) is 5.78 Å². The van der Waals surface area contributed by atoms with E-state index < -0.39 is 5.82 Å². The first-order valence-corrected chi connectivity index (χ1v) is 9.14. The van der Waals surface area contributed by atoms with Crippen molar-refractivity contribution in [3.05, 3.63) is 53.1 Å². The van der Waals surface area contributed by atoms with Gasteiger partial charge in [-0.15, -0.1) is 0 Å². The summed E-state index contributed by atoms with van der Waals surface area (Å²) in [6, 6.07) is 5.04. The van der Waals surface area contributed by atoms with Crippen LogP contribution in [0.5, 0.6) is 0 Å². The molecule has 1 rings (SSSR count). The van der Waals surface area contributed by atoms with E-state index >= 15 is 0 Å².